The van der Waals surface area contributed by atoms with Gasteiger partial charge in [0.15, 0.2) is 0 Å². The first kappa shape index (κ1) is 12.7. The van der Waals surface area contributed by atoms with Crippen molar-refractivity contribution in [3.8, 4) is 0 Å². The molecule has 0 heterocycles. The molecule has 0 aliphatic rings. The van der Waals surface area contributed by atoms with Gasteiger partial charge in [-0.05, 0) is 0 Å². The molecule has 0 bridgehead atoms. The van der Waals surface area contributed by atoms with Crippen LogP contribution in [-0.2, 0) is 0 Å². The molecule has 0 fully saturated rings. The van der Waals surface area contributed by atoms with Crippen LogP contribution in [0.4, 0.5) is 0 Å². The molecule has 6 radical (unpaired) electrons. The molecule has 3 heteroatoms. The lowest BCUT2D eigenvalue weighted by Gasteiger charge is -2.04. The Bertz CT molecular complexity index is 85.8. The van der Waals surface area contributed by atoms with Crippen molar-refractivity contribution in [1.82, 2.24) is 0 Å². The number of hydrogen-bond acceptors (Lipinski definition) is 0. The van der Waals surface area contributed by atoms with E-state index < -0.39 is 0 Å². The fourth-order valence-electron chi connectivity index (χ4n) is 1.23. The van der Waals surface area contributed by atoms with Crippen molar-refractivity contribution in [3.05, 3.63) is 0 Å². The van der Waals surface area contributed by atoms with Gasteiger partial charge in [0.25, 0.3) is 0 Å². The van der Waals surface area contributed by atoms with Crippen molar-refractivity contribution >= 4 is 26.6 Å². The topological polar surface area (TPSA) is 0 Å². The maximum absolute atomic E-state index is 3.63. The lowest BCUT2D eigenvalue weighted by Crippen LogP contribution is -2.17. The van der Waals surface area contributed by atoms with Gasteiger partial charge in [-0.15, -0.1) is 0 Å². The van der Waals surface area contributed by atoms with E-state index in [0.29, 0.717) is 0 Å². The van der Waals surface area contributed by atoms with Gasteiger partial charge in [-0.1, -0.05) is 58.0 Å². The fourth-order valence-corrected chi connectivity index (χ4v) is 4.17. The van der Waals surface area contributed by atoms with E-state index in [0.717, 1.165) is 8.55 Å². The highest BCUT2D eigenvalue weighted by Crippen LogP contribution is 2.08. The summed E-state index contributed by atoms with van der Waals surface area (Å²) in [6, 6.07) is 1.51. The van der Waals surface area contributed by atoms with Crippen LogP contribution in [-0.4, -0.2) is 26.6 Å². The predicted molar refractivity (Wildman–Crippen MR) is 61.3 cm³/mol. The Balaban J connectivity index is 2.90. The van der Waals surface area contributed by atoms with E-state index >= 15 is 0 Å². The quantitative estimate of drug-likeness (QED) is 0.429. The third-order valence-corrected chi connectivity index (χ3v) is 9.52. The van der Waals surface area contributed by atoms with Crippen molar-refractivity contribution in [2.75, 3.05) is 0 Å². The van der Waals surface area contributed by atoms with E-state index in [2.05, 4.69) is 23.2 Å². The summed E-state index contributed by atoms with van der Waals surface area (Å²) in [4.78, 5) is 0. The first-order chi connectivity index (χ1) is 5.81. The Morgan fingerprint density at radius 1 is 1.08 bits per heavy atom. The molecular weight excluding hydrogens is 192 g/mol. The minimum atomic E-state index is 0.0199. The van der Waals surface area contributed by atoms with Crippen LogP contribution in [0.2, 0.25) is 12.6 Å². The second-order valence-corrected chi connectivity index (χ2v) is 11.3. The lowest BCUT2D eigenvalue weighted by molar-refractivity contribution is 0.624. The van der Waals surface area contributed by atoms with Crippen molar-refractivity contribution in [3.63, 3.8) is 0 Å². The van der Waals surface area contributed by atoms with Gasteiger partial charge in [0.05, 0.1) is 0 Å². The number of rotatable bonds is 8. The maximum Gasteiger partial charge on any atom is 0.0271 e. The summed E-state index contributed by atoms with van der Waals surface area (Å²) in [7, 11) is 4.70. The zero-order chi connectivity index (χ0) is 9.23. The van der Waals surface area contributed by atoms with Crippen LogP contribution < -0.4 is 0 Å². The van der Waals surface area contributed by atoms with Gasteiger partial charge in [-0.2, -0.15) is 0 Å². The van der Waals surface area contributed by atoms with Crippen LogP contribution >= 0.6 is 0 Å². The Labute approximate surface area is 85.0 Å². The zero-order valence-electron chi connectivity index (χ0n) is 8.45. The molecule has 0 aliphatic heterocycles. The Morgan fingerprint density at radius 3 is 2.25 bits per heavy atom. The number of unbranched alkanes of at least 4 members (excludes halogenated alkanes) is 5. The van der Waals surface area contributed by atoms with Crippen LogP contribution in [0.5, 0.6) is 0 Å². The molecule has 0 amide bonds. The highest BCUT2D eigenvalue weighted by Gasteiger charge is 1.99. The van der Waals surface area contributed by atoms with E-state index in [-0.39, 0.29) is 8.31 Å². The SMILES string of the molecule is CCCCCCCC[Si](C)[Si][Si]. The van der Waals surface area contributed by atoms with Gasteiger partial charge in [0, 0.05) is 26.6 Å². The minimum Gasteiger partial charge on any atom is -0.0738 e. The summed E-state index contributed by atoms with van der Waals surface area (Å²) in [5.41, 5.74) is 0. The molecule has 0 aliphatic carbocycles. The molecule has 0 aromatic rings. The standard InChI is InChI=1S/C9H20Si3/c1-3-4-5-6-7-8-9-12(2)11-10/h3-9H2,1-2H3. The maximum atomic E-state index is 3.63. The minimum absolute atomic E-state index is 0.0199. The van der Waals surface area contributed by atoms with Gasteiger partial charge >= 0.3 is 0 Å². The average Bonchev–Trinajstić information content (AvgIpc) is 2.10. The molecule has 0 nitrogen and oxygen atoms in total. The summed E-state index contributed by atoms with van der Waals surface area (Å²) in [6.45, 7) is 4.71. The summed E-state index contributed by atoms with van der Waals surface area (Å²) in [5, 5.41) is 0. The second kappa shape index (κ2) is 9.74. The molecule has 0 saturated carbocycles. The van der Waals surface area contributed by atoms with Gasteiger partial charge in [-0.25, -0.2) is 0 Å². The molecule has 0 rings (SSSR count). The second-order valence-electron chi connectivity index (χ2n) is 3.42. The van der Waals surface area contributed by atoms with E-state index in [9.17, 15) is 0 Å². The van der Waals surface area contributed by atoms with Crippen molar-refractivity contribution in [2.45, 2.75) is 58.0 Å². The molecule has 0 aromatic heterocycles. The van der Waals surface area contributed by atoms with E-state index in [1.54, 1.807) is 0 Å². The molecule has 0 atom stereocenters. The Hall–Kier alpha value is 0.651. The average molecular weight is 213 g/mol. The highest BCUT2D eigenvalue weighted by atomic mass is 29.5. The third-order valence-electron chi connectivity index (χ3n) is 2.12. The normalized spacial score (nSPS) is 11.0. The smallest absolute Gasteiger partial charge is 0.0271 e. The van der Waals surface area contributed by atoms with E-state index in [1.165, 1.54) is 44.6 Å². The van der Waals surface area contributed by atoms with Crippen molar-refractivity contribution < 1.29 is 0 Å². The summed E-state index contributed by atoms with van der Waals surface area (Å²) < 4.78 is 0. The monoisotopic (exact) mass is 212 g/mol. The van der Waals surface area contributed by atoms with E-state index in [4.69, 9.17) is 0 Å². The molecule has 12 heavy (non-hydrogen) atoms. The molecule has 68 valence electrons. The van der Waals surface area contributed by atoms with Crippen molar-refractivity contribution in [1.29, 1.82) is 0 Å². The Kier molecular flexibility index (Phi) is 10.3. The van der Waals surface area contributed by atoms with Gasteiger partial charge in [0.1, 0.15) is 0 Å². The Morgan fingerprint density at radius 2 is 1.67 bits per heavy atom. The van der Waals surface area contributed by atoms with Gasteiger partial charge < -0.3 is 0 Å². The number of hydrogen-bond donors (Lipinski definition) is 0. The third kappa shape index (κ3) is 8.74. The van der Waals surface area contributed by atoms with Crippen LogP contribution in [0.1, 0.15) is 45.4 Å². The highest BCUT2D eigenvalue weighted by molar-refractivity contribution is 7.31. The first-order valence-corrected chi connectivity index (χ1v) is 10.8. The predicted octanol–water partition coefficient (Wildman–Crippen LogP) is 2.76. The molecule has 0 unspecified atom stereocenters. The zero-order valence-corrected chi connectivity index (χ0v) is 11.4. The van der Waals surface area contributed by atoms with E-state index in [1.807, 2.05) is 0 Å². The van der Waals surface area contributed by atoms with Crippen molar-refractivity contribution in [2.24, 2.45) is 0 Å². The fraction of sp³-hybridized carbons (Fsp3) is 1.00. The summed E-state index contributed by atoms with van der Waals surface area (Å²) >= 11 is 0. The van der Waals surface area contributed by atoms with Crippen LogP contribution in [0.3, 0.4) is 0 Å². The molecular formula is C9H20Si3. The molecule has 0 aromatic carbocycles. The molecule has 0 N–H and O–H groups in total. The summed E-state index contributed by atoms with van der Waals surface area (Å²) in [6.07, 6.45) is 8.67. The first-order valence-electron chi connectivity index (χ1n) is 5.06. The van der Waals surface area contributed by atoms with Gasteiger partial charge in [-0.3, -0.25) is 0 Å². The van der Waals surface area contributed by atoms with Crippen LogP contribution in [0.25, 0.3) is 0 Å². The molecule has 0 spiro atoms. The molecule has 0 saturated heterocycles. The van der Waals surface area contributed by atoms with Gasteiger partial charge in [0.2, 0.25) is 0 Å². The van der Waals surface area contributed by atoms with Crippen LogP contribution in [0.15, 0.2) is 0 Å². The summed E-state index contributed by atoms with van der Waals surface area (Å²) in [5.74, 6) is 0. The van der Waals surface area contributed by atoms with Crippen LogP contribution in [0, 0.1) is 0 Å². The largest absolute Gasteiger partial charge is 0.0738 e. The lowest BCUT2D eigenvalue weighted by atomic mass is 10.1.